The van der Waals surface area contributed by atoms with Crippen LogP contribution in [0.4, 0.5) is 0 Å². The van der Waals surface area contributed by atoms with Crippen molar-refractivity contribution in [2.45, 2.75) is 59.0 Å². The summed E-state index contributed by atoms with van der Waals surface area (Å²) in [5, 5.41) is 3.66. The lowest BCUT2D eigenvalue weighted by molar-refractivity contribution is 0.444. The Morgan fingerprint density at radius 1 is 1.25 bits per heavy atom. The minimum atomic E-state index is 0.451. The molecule has 0 aliphatic rings. The molecule has 1 rings (SSSR count). The second-order valence-electron chi connectivity index (χ2n) is 4.85. The number of benzene rings is 1. The van der Waals surface area contributed by atoms with Gasteiger partial charge < -0.3 is 5.32 Å². The molecule has 0 saturated carbocycles. The van der Waals surface area contributed by atoms with E-state index >= 15 is 0 Å². The zero-order valence-corrected chi connectivity index (χ0v) is 11.1. The maximum atomic E-state index is 3.66. The first-order chi connectivity index (χ1) is 7.63. The van der Waals surface area contributed by atoms with Crippen LogP contribution >= 0.6 is 0 Å². The second-order valence-corrected chi connectivity index (χ2v) is 4.85. The molecule has 1 nitrogen and oxygen atoms in total. The molecule has 0 aliphatic carbocycles. The Kier molecular flexibility index (Phi) is 5.54. The summed E-state index contributed by atoms with van der Waals surface area (Å²) in [4.78, 5) is 0. The van der Waals surface area contributed by atoms with Crippen LogP contribution in [0.5, 0.6) is 0 Å². The highest BCUT2D eigenvalue weighted by atomic mass is 14.9. The minimum absolute atomic E-state index is 0.451. The van der Waals surface area contributed by atoms with E-state index in [-0.39, 0.29) is 0 Å². The van der Waals surface area contributed by atoms with E-state index in [9.17, 15) is 0 Å². The van der Waals surface area contributed by atoms with Gasteiger partial charge in [-0.1, -0.05) is 49.6 Å². The Labute approximate surface area is 100 Å². The van der Waals surface area contributed by atoms with Crippen LogP contribution in [0, 0.1) is 6.92 Å². The van der Waals surface area contributed by atoms with Crippen LogP contribution in [-0.2, 0) is 0 Å². The van der Waals surface area contributed by atoms with Crippen molar-refractivity contribution in [1.82, 2.24) is 5.32 Å². The Morgan fingerprint density at radius 3 is 2.62 bits per heavy atom. The second kappa shape index (κ2) is 6.70. The van der Waals surface area contributed by atoms with E-state index in [1.54, 1.807) is 0 Å². The molecule has 1 aromatic carbocycles. The Balaban J connectivity index is 2.48. The van der Waals surface area contributed by atoms with Gasteiger partial charge in [-0.05, 0) is 32.8 Å². The molecule has 1 heteroatoms. The molecular formula is C15H25N. The van der Waals surface area contributed by atoms with E-state index in [2.05, 4.69) is 57.3 Å². The van der Waals surface area contributed by atoms with E-state index in [4.69, 9.17) is 0 Å². The van der Waals surface area contributed by atoms with E-state index in [0.717, 1.165) is 0 Å². The Hall–Kier alpha value is -0.820. The number of unbranched alkanes of at least 4 members (excludes halogenated alkanes) is 1. The summed E-state index contributed by atoms with van der Waals surface area (Å²) in [5.41, 5.74) is 2.73. The fraction of sp³-hybridized carbons (Fsp3) is 0.600. The van der Waals surface area contributed by atoms with Crippen LogP contribution in [0.1, 0.15) is 57.2 Å². The van der Waals surface area contributed by atoms with Crippen molar-refractivity contribution in [3.05, 3.63) is 35.4 Å². The van der Waals surface area contributed by atoms with Crippen LogP contribution in [-0.4, -0.2) is 6.04 Å². The highest BCUT2D eigenvalue weighted by molar-refractivity contribution is 5.24. The molecule has 0 bridgehead atoms. The maximum absolute atomic E-state index is 3.66. The van der Waals surface area contributed by atoms with Gasteiger partial charge in [0.1, 0.15) is 0 Å². The molecule has 1 aromatic rings. The molecule has 16 heavy (non-hydrogen) atoms. The van der Waals surface area contributed by atoms with Crippen molar-refractivity contribution < 1.29 is 0 Å². The van der Waals surface area contributed by atoms with Crippen LogP contribution in [0.2, 0.25) is 0 Å². The monoisotopic (exact) mass is 219 g/mol. The van der Waals surface area contributed by atoms with Gasteiger partial charge in [0.15, 0.2) is 0 Å². The molecule has 0 aromatic heterocycles. The summed E-state index contributed by atoms with van der Waals surface area (Å²) in [6.07, 6.45) is 3.87. The molecule has 90 valence electrons. The number of hydrogen-bond donors (Lipinski definition) is 1. The van der Waals surface area contributed by atoms with Gasteiger partial charge in [0.05, 0.1) is 0 Å². The Morgan fingerprint density at radius 2 is 2.00 bits per heavy atom. The molecule has 0 fully saturated rings. The predicted octanol–water partition coefficient (Wildman–Crippen LogP) is 4.22. The van der Waals surface area contributed by atoms with Gasteiger partial charge in [-0.25, -0.2) is 0 Å². The number of nitrogens with one attached hydrogen (secondary N) is 1. The standard InChI is InChI=1S/C15H25N/c1-5-6-9-13(3)16-14(4)15-10-7-8-12(2)11-15/h7-8,10-11,13-14,16H,5-6,9H2,1-4H3. The molecular weight excluding hydrogens is 194 g/mol. The van der Waals surface area contributed by atoms with Gasteiger partial charge in [0, 0.05) is 12.1 Å². The molecule has 0 spiro atoms. The topological polar surface area (TPSA) is 12.0 Å². The van der Waals surface area contributed by atoms with E-state index in [1.165, 1.54) is 30.4 Å². The summed E-state index contributed by atoms with van der Waals surface area (Å²) in [6, 6.07) is 9.82. The number of aryl methyl sites for hydroxylation is 1. The molecule has 1 N–H and O–H groups in total. The maximum Gasteiger partial charge on any atom is 0.0294 e. The zero-order valence-electron chi connectivity index (χ0n) is 11.1. The molecule has 0 heterocycles. The fourth-order valence-electron chi connectivity index (χ4n) is 2.06. The normalized spacial score (nSPS) is 14.8. The van der Waals surface area contributed by atoms with E-state index in [0.29, 0.717) is 12.1 Å². The number of rotatable bonds is 6. The third kappa shape index (κ3) is 4.36. The van der Waals surface area contributed by atoms with Crippen molar-refractivity contribution in [3.63, 3.8) is 0 Å². The van der Waals surface area contributed by atoms with Crippen LogP contribution < -0.4 is 5.32 Å². The molecule has 2 atom stereocenters. The van der Waals surface area contributed by atoms with Crippen molar-refractivity contribution in [2.75, 3.05) is 0 Å². The van der Waals surface area contributed by atoms with Crippen LogP contribution in [0.15, 0.2) is 24.3 Å². The molecule has 2 unspecified atom stereocenters. The summed E-state index contributed by atoms with van der Waals surface area (Å²) < 4.78 is 0. The van der Waals surface area contributed by atoms with Crippen LogP contribution in [0.25, 0.3) is 0 Å². The van der Waals surface area contributed by atoms with Gasteiger partial charge in [-0.15, -0.1) is 0 Å². The largest absolute Gasteiger partial charge is 0.308 e. The van der Waals surface area contributed by atoms with Crippen LogP contribution in [0.3, 0.4) is 0 Å². The van der Waals surface area contributed by atoms with Gasteiger partial charge >= 0.3 is 0 Å². The quantitative estimate of drug-likeness (QED) is 0.755. The first kappa shape index (κ1) is 13.2. The van der Waals surface area contributed by atoms with Crippen molar-refractivity contribution in [2.24, 2.45) is 0 Å². The van der Waals surface area contributed by atoms with Gasteiger partial charge in [-0.2, -0.15) is 0 Å². The minimum Gasteiger partial charge on any atom is -0.308 e. The molecule has 0 saturated heterocycles. The average molecular weight is 219 g/mol. The van der Waals surface area contributed by atoms with E-state index < -0.39 is 0 Å². The summed E-state index contributed by atoms with van der Waals surface area (Å²) in [5.74, 6) is 0. The first-order valence-electron chi connectivity index (χ1n) is 6.46. The molecule has 0 radical (unpaired) electrons. The summed E-state index contributed by atoms with van der Waals surface area (Å²) >= 11 is 0. The van der Waals surface area contributed by atoms with E-state index in [1.807, 2.05) is 0 Å². The van der Waals surface area contributed by atoms with Gasteiger partial charge in [0.25, 0.3) is 0 Å². The third-order valence-corrected chi connectivity index (χ3v) is 3.07. The highest BCUT2D eigenvalue weighted by Gasteiger charge is 2.08. The average Bonchev–Trinajstić information content (AvgIpc) is 2.26. The third-order valence-electron chi connectivity index (χ3n) is 3.07. The molecule has 0 amide bonds. The SMILES string of the molecule is CCCCC(C)NC(C)c1cccc(C)c1. The lowest BCUT2D eigenvalue weighted by Gasteiger charge is -2.20. The van der Waals surface area contributed by atoms with Crippen molar-refractivity contribution in [3.8, 4) is 0 Å². The van der Waals surface area contributed by atoms with Crippen molar-refractivity contribution >= 4 is 0 Å². The lowest BCUT2D eigenvalue weighted by atomic mass is 10.0. The van der Waals surface area contributed by atoms with Crippen molar-refractivity contribution in [1.29, 1.82) is 0 Å². The zero-order chi connectivity index (χ0) is 12.0. The predicted molar refractivity (Wildman–Crippen MR) is 71.7 cm³/mol. The lowest BCUT2D eigenvalue weighted by Crippen LogP contribution is -2.28. The summed E-state index contributed by atoms with van der Waals surface area (Å²) in [7, 11) is 0. The van der Waals surface area contributed by atoms with Gasteiger partial charge in [-0.3, -0.25) is 0 Å². The van der Waals surface area contributed by atoms with Gasteiger partial charge in [0.2, 0.25) is 0 Å². The molecule has 0 aliphatic heterocycles. The first-order valence-corrected chi connectivity index (χ1v) is 6.46. The fourth-order valence-corrected chi connectivity index (χ4v) is 2.06. The Bertz CT molecular complexity index is 306. The summed E-state index contributed by atoms with van der Waals surface area (Å²) in [6.45, 7) is 8.92. The number of hydrogen-bond acceptors (Lipinski definition) is 1. The highest BCUT2D eigenvalue weighted by Crippen LogP contribution is 2.15. The smallest absolute Gasteiger partial charge is 0.0294 e.